The lowest BCUT2D eigenvalue weighted by atomic mass is 10.1. The quantitative estimate of drug-likeness (QED) is 0.771. The van der Waals surface area contributed by atoms with Gasteiger partial charge in [-0.3, -0.25) is 4.79 Å². The minimum Gasteiger partial charge on any atom is -0.387 e. The standard InChI is InChI=1S/C13H17ClN2O3.ClH/c14-10-4-2-1-3-9(10)11(17)7-16-13(18)12-8-15-5-6-19-12;/h1-4,11-12,15,17H,5-8H2,(H,16,18);1H. The number of morpholine rings is 1. The van der Waals surface area contributed by atoms with E-state index < -0.39 is 12.2 Å². The summed E-state index contributed by atoms with van der Waals surface area (Å²) in [6.07, 6.45) is -1.32. The molecule has 1 aliphatic heterocycles. The normalized spacial score (nSPS) is 19.8. The van der Waals surface area contributed by atoms with Gasteiger partial charge in [0.05, 0.1) is 12.7 Å². The summed E-state index contributed by atoms with van der Waals surface area (Å²) < 4.78 is 5.32. The first kappa shape index (κ1) is 17.2. The van der Waals surface area contributed by atoms with Gasteiger partial charge < -0.3 is 20.5 Å². The molecular formula is C13H18Cl2N2O3. The monoisotopic (exact) mass is 320 g/mol. The molecular weight excluding hydrogens is 303 g/mol. The third-order valence-corrected chi connectivity index (χ3v) is 3.30. The topological polar surface area (TPSA) is 70.6 Å². The maximum Gasteiger partial charge on any atom is 0.250 e. The number of hydrogen-bond acceptors (Lipinski definition) is 4. The molecule has 2 unspecified atom stereocenters. The van der Waals surface area contributed by atoms with E-state index >= 15 is 0 Å². The number of nitrogens with one attached hydrogen (secondary N) is 2. The highest BCUT2D eigenvalue weighted by atomic mass is 35.5. The Morgan fingerprint density at radius 3 is 2.95 bits per heavy atom. The van der Waals surface area contributed by atoms with Crippen LogP contribution in [0.25, 0.3) is 0 Å². The number of aliphatic hydroxyl groups excluding tert-OH is 1. The van der Waals surface area contributed by atoms with Crippen LogP contribution in [0.2, 0.25) is 5.02 Å². The minimum absolute atomic E-state index is 0. The van der Waals surface area contributed by atoms with Gasteiger partial charge in [-0.25, -0.2) is 0 Å². The van der Waals surface area contributed by atoms with Crippen molar-refractivity contribution in [2.45, 2.75) is 12.2 Å². The molecule has 112 valence electrons. The molecule has 5 nitrogen and oxygen atoms in total. The second kappa shape index (κ2) is 8.44. The van der Waals surface area contributed by atoms with Crippen LogP contribution in [0.1, 0.15) is 11.7 Å². The lowest BCUT2D eigenvalue weighted by molar-refractivity contribution is -0.134. The Kier molecular flexibility index (Phi) is 7.26. The van der Waals surface area contributed by atoms with Crippen LogP contribution in [0.3, 0.4) is 0 Å². The highest BCUT2D eigenvalue weighted by Gasteiger charge is 2.22. The molecule has 2 atom stereocenters. The Hall–Kier alpha value is -0.850. The van der Waals surface area contributed by atoms with Gasteiger partial charge in [-0.05, 0) is 6.07 Å². The van der Waals surface area contributed by atoms with Crippen molar-refractivity contribution in [3.05, 3.63) is 34.9 Å². The van der Waals surface area contributed by atoms with E-state index in [2.05, 4.69) is 10.6 Å². The second-order valence-corrected chi connectivity index (χ2v) is 4.75. The van der Waals surface area contributed by atoms with Gasteiger partial charge in [-0.2, -0.15) is 0 Å². The lowest BCUT2D eigenvalue weighted by Crippen LogP contribution is -2.48. The Morgan fingerprint density at radius 2 is 2.30 bits per heavy atom. The van der Waals surface area contributed by atoms with E-state index in [-0.39, 0.29) is 24.9 Å². The maximum atomic E-state index is 11.8. The average Bonchev–Trinajstić information content (AvgIpc) is 2.46. The van der Waals surface area contributed by atoms with E-state index in [0.717, 1.165) is 6.54 Å². The predicted octanol–water partition coefficient (Wildman–Crippen LogP) is 0.900. The Balaban J connectivity index is 0.00000200. The van der Waals surface area contributed by atoms with Crippen LogP contribution in [0, 0.1) is 0 Å². The molecule has 1 saturated heterocycles. The fourth-order valence-electron chi connectivity index (χ4n) is 1.90. The van der Waals surface area contributed by atoms with Crippen LogP contribution in [-0.2, 0) is 9.53 Å². The molecule has 0 aromatic heterocycles. The van der Waals surface area contributed by atoms with Crippen molar-refractivity contribution >= 4 is 29.9 Å². The molecule has 0 aliphatic carbocycles. The Bertz CT molecular complexity index is 439. The molecule has 1 aromatic carbocycles. The maximum absolute atomic E-state index is 11.8. The number of carbonyl (C=O) groups is 1. The van der Waals surface area contributed by atoms with E-state index in [1.54, 1.807) is 24.3 Å². The summed E-state index contributed by atoms with van der Waals surface area (Å²) in [5.74, 6) is -0.224. The molecule has 3 N–H and O–H groups in total. The van der Waals surface area contributed by atoms with Gasteiger partial charge >= 0.3 is 0 Å². The third-order valence-electron chi connectivity index (χ3n) is 2.95. The molecule has 20 heavy (non-hydrogen) atoms. The first-order valence-electron chi connectivity index (χ1n) is 6.21. The SMILES string of the molecule is Cl.O=C(NCC(O)c1ccccc1Cl)C1CNCCO1. The number of hydrogen-bond donors (Lipinski definition) is 3. The smallest absolute Gasteiger partial charge is 0.250 e. The highest BCUT2D eigenvalue weighted by Crippen LogP contribution is 2.21. The van der Waals surface area contributed by atoms with Crippen molar-refractivity contribution < 1.29 is 14.6 Å². The highest BCUT2D eigenvalue weighted by molar-refractivity contribution is 6.31. The number of carbonyl (C=O) groups excluding carboxylic acids is 1. The molecule has 7 heteroatoms. The molecule has 2 rings (SSSR count). The van der Waals surface area contributed by atoms with Gasteiger partial charge in [0, 0.05) is 30.2 Å². The Labute approximate surface area is 129 Å². The van der Waals surface area contributed by atoms with Crippen LogP contribution < -0.4 is 10.6 Å². The van der Waals surface area contributed by atoms with Crippen LogP contribution >= 0.6 is 24.0 Å². The molecule has 0 radical (unpaired) electrons. The fourth-order valence-corrected chi connectivity index (χ4v) is 2.16. The molecule has 1 aromatic rings. The fraction of sp³-hybridized carbons (Fsp3) is 0.462. The predicted molar refractivity (Wildman–Crippen MR) is 79.3 cm³/mol. The van der Waals surface area contributed by atoms with Crippen molar-refractivity contribution in [2.75, 3.05) is 26.2 Å². The number of aliphatic hydroxyl groups is 1. The molecule has 0 bridgehead atoms. The molecule has 0 spiro atoms. The first-order chi connectivity index (χ1) is 9.18. The van der Waals surface area contributed by atoms with Crippen molar-refractivity contribution in [3.63, 3.8) is 0 Å². The molecule has 0 saturated carbocycles. The zero-order chi connectivity index (χ0) is 13.7. The van der Waals surface area contributed by atoms with Gasteiger partial charge in [-0.1, -0.05) is 29.8 Å². The Morgan fingerprint density at radius 1 is 1.55 bits per heavy atom. The van der Waals surface area contributed by atoms with Gasteiger partial charge in [-0.15, -0.1) is 12.4 Å². The zero-order valence-corrected chi connectivity index (χ0v) is 12.4. The molecule has 1 aliphatic rings. The van der Waals surface area contributed by atoms with Crippen molar-refractivity contribution in [1.82, 2.24) is 10.6 Å². The summed E-state index contributed by atoms with van der Waals surface area (Å²) in [6, 6.07) is 7.02. The average molecular weight is 321 g/mol. The summed E-state index contributed by atoms with van der Waals surface area (Å²) in [7, 11) is 0. The number of benzene rings is 1. The minimum atomic E-state index is -0.825. The summed E-state index contributed by atoms with van der Waals surface area (Å²) in [5.41, 5.74) is 0.604. The van der Waals surface area contributed by atoms with E-state index in [9.17, 15) is 9.90 Å². The van der Waals surface area contributed by atoms with Crippen LogP contribution in [0.5, 0.6) is 0 Å². The second-order valence-electron chi connectivity index (χ2n) is 4.35. The van der Waals surface area contributed by atoms with Crippen molar-refractivity contribution in [1.29, 1.82) is 0 Å². The summed E-state index contributed by atoms with van der Waals surface area (Å²) in [4.78, 5) is 11.8. The third kappa shape index (κ3) is 4.61. The van der Waals surface area contributed by atoms with Gasteiger partial charge in [0.2, 0.25) is 0 Å². The number of ether oxygens (including phenoxy) is 1. The molecule has 1 amide bonds. The van der Waals surface area contributed by atoms with E-state index in [1.165, 1.54) is 0 Å². The molecule has 1 fully saturated rings. The first-order valence-corrected chi connectivity index (χ1v) is 6.59. The van der Waals surface area contributed by atoms with Crippen molar-refractivity contribution in [2.24, 2.45) is 0 Å². The van der Waals surface area contributed by atoms with Crippen LogP contribution in [-0.4, -0.2) is 43.4 Å². The van der Waals surface area contributed by atoms with E-state index in [4.69, 9.17) is 16.3 Å². The number of halogens is 2. The van der Waals surface area contributed by atoms with Gasteiger partial charge in [0.15, 0.2) is 0 Å². The molecule has 1 heterocycles. The van der Waals surface area contributed by atoms with Crippen LogP contribution in [0.15, 0.2) is 24.3 Å². The summed E-state index contributed by atoms with van der Waals surface area (Å²) in [6.45, 7) is 1.88. The van der Waals surface area contributed by atoms with Crippen LogP contribution in [0.4, 0.5) is 0 Å². The van der Waals surface area contributed by atoms with E-state index in [0.29, 0.717) is 23.7 Å². The summed E-state index contributed by atoms with van der Waals surface area (Å²) >= 11 is 5.98. The number of rotatable bonds is 4. The lowest BCUT2D eigenvalue weighted by Gasteiger charge is -2.23. The number of amides is 1. The van der Waals surface area contributed by atoms with E-state index in [1.807, 2.05) is 0 Å². The van der Waals surface area contributed by atoms with Gasteiger partial charge in [0.25, 0.3) is 5.91 Å². The largest absolute Gasteiger partial charge is 0.387 e. The summed E-state index contributed by atoms with van der Waals surface area (Å²) in [5, 5.41) is 16.2. The zero-order valence-electron chi connectivity index (χ0n) is 10.8. The van der Waals surface area contributed by atoms with Gasteiger partial charge in [0.1, 0.15) is 6.10 Å². The van der Waals surface area contributed by atoms with Crippen molar-refractivity contribution in [3.8, 4) is 0 Å².